The fourth-order valence-electron chi connectivity index (χ4n) is 1.52. The number of nitro benzene ring substituents is 1. The Morgan fingerprint density at radius 3 is 2.20 bits per heavy atom. The summed E-state index contributed by atoms with van der Waals surface area (Å²) in [5.41, 5.74) is 1.30. The van der Waals surface area contributed by atoms with Crippen LogP contribution in [0.3, 0.4) is 0 Å². The maximum Gasteiger partial charge on any atom is 0.269 e. The first-order valence-corrected chi connectivity index (χ1v) is 5.69. The summed E-state index contributed by atoms with van der Waals surface area (Å²) in [6.45, 7) is 3.75. The van der Waals surface area contributed by atoms with Gasteiger partial charge in [-0.2, -0.15) is 0 Å². The average Bonchev–Trinajstić information content (AvgIpc) is 2.46. The van der Waals surface area contributed by atoms with Crippen molar-refractivity contribution in [1.29, 1.82) is 0 Å². The number of carbonyl (C=O) groups is 1. The second-order valence-corrected chi connectivity index (χ2v) is 3.94. The van der Waals surface area contributed by atoms with Gasteiger partial charge in [0.25, 0.3) is 5.69 Å². The number of amides is 1. The fraction of sp³-hybridized carbons (Fsp3) is 0. The predicted molar refractivity (Wildman–Crippen MR) is 73.2 cm³/mol. The van der Waals surface area contributed by atoms with E-state index in [4.69, 9.17) is 4.84 Å². The van der Waals surface area contributed by atoms with Crippen molar-refractivity contribution in [2.45, 2.75) is 0 Å². The predicted octanol–water partition coefficient (Wildman–Crippen LogP) is 2.73. The van der Waals surface area contributed by atoms with Gasteiger partial charge in [-0.1, -0.05) is 12.1 Å². The van der Waals surface area contributed by atoms with Crippen molar-refractivity contribution in [1.82, 2.24) is 0 Å². The number of carbonyl (C=O) groups excluding carboxylic acids is 1. The summed E-state index contributed by atoms with van der Waals surface area (Å²) in [5.74, 6) is 0.321. The first-order chi connectivity index (χ1) is 9.60. The molecule has 0 aliphatic rings. The summed E-state index contributed by atoms with van der Waals surface area (Å²) in [6, 6.07) is 12.3. The fourth-order valence-corrected chi connectivity index (χ4v) is 1.52. The van der Waals surface area contributed by atoms with Crippen molar-refractivity contribution in [3.63, 3.8) is 0 Å². The molecule has 6 nitrogen and oxygen atoms in total. The largest absolute Gasteiger partial charge is 0.372 e. The molecule has 6 heteroatoms. The van der Waals surface area contributed by atoms with Crippen LogP contribution in [0.5, 0.6) is 5.75 Å². The van der Waals surface area contributed by atoms with Gasteiger partial charge in [-0.05, 0) is 36.8 Å². The number of nitro groups is 1. The van der Waals surface area contributed by atoms with Gasteiger partial charge in [-0.15, -0.1) is 5.06 Å². The van der Waals surface area contributed by atoms with E-state index in [1.165, 1.54) is 24.3 Å². The molecule has 0 saturated carbocycles. The van der Waals surface area contributed by atoms with Gasteiger partial charge in [-0.25, -0.2) is 0 Å². The molecule has 2 rings (SSSR count). The van der Waals surface area contributed by atoms with Crippen LogP contribution in [0.2, 0.25) is 0 Å². The molecule has 2 aromatic rings. The average molecular weight is 271 g/mol. The molecule has 1 amide bonds. The molecular weight excluding hydrogens is 260 g/mol. The van der Waals surface area contributed by atoms with Crippen molar-refractivity contribution in [3.05, 3.63) is 71.1 Å². The molecular formula is C14H11N2O4. The Morgan fingerprint density at radius 1 is 1.10 bits per heavy atom. The molecule has 0 aliphatic carbocycles. The number of hydrogen-bond acceptors (Lipinski definition) is 4. The van der Waals surface area contributed by atoms with Crippen molar-refractivity contribution in [2.24, 2.45) is 0 Å². The zero-order valence-electron chi connectivity index (χ0n) is 10.4. The van der Waals surface area contributed by atoms with Crippen LogP contribution in [0.4, 0.5) is 11.4 Å². The van der Waals surface area contributed by atoms with E-state index >= 15 is 0 Å². The van der Waals surface area contributed by atoms with Crippen LogP contribution in [0.1, 0.15) is 5.56 Å². The molecule has 20 heavy (non-hydrogen) atoms. The summed E-state index contributed by atoms with van der Waals surface area (Å²) < 4.78 is 0. The van der Waals surface area contributed by atoms with Gasteiger partial charge in [0.2, 0.25) is 6.41 Å². The minimum Gasteiger partial charge on any atom is -0.372 e. The molecule has 0 saturated heterocycles. The van der Waals surface area contributed by atoms with E-state index in [9.17, 15) is 14.9 Å². The molecule has 0 bridgehead atoms. The second-order valence-electron chi connectivity index (χ2n) is 3.94. The zero-order chi connectivity index (χ0) is 14.5. The van der Waals surface area contributed by atoms with Gasteiger partial charge in [-0.3, -0.25) is 14.9 Å². The molecule has 0 fully saturated rings. The van der Waals surface area contributed by atoms with Crippen LogP contribution in [-0.4, -0.2) is 11.3 Å². The van der Waals surface area contributed by atoms with Gasteiger partial charge in [0, 0.05) is 12.1 Å². The summed E-state index contributed by atoms with van der Waals surface area (Å²) in [6.07, 6.45) is 0.513. The Morgan fingerprint density at radius 2 is 1.70 bits per heavy atom. The quantitative estimate of drug-likeness (QED) is 0.476. The van der Waals surface area contributed by atoms with E-state index in [1.54, 1.807) is 24.3 Å². The highest BCUT2D eigenvalue weighted by Crippen LogP contribution is 2.21. The second kappa shape index (κ2) is 5.83. The third-order valence-corrected chi connectivity index (χ3v) is 2.54. The summed E-state index contributed by atoms with van der Waals surface area (Å²) in [4.78, 5) is 26.4. The Labute approximate surface area is 115 Å². The minimum absolute atomic E-state index is 0.0450. The van der Waals surface area contributed by atoms with Crippen molar-refractivity contribution in [3.8, 4) is 5.75 Å². The SMILES string of the molecule is [CH2]c1ccc(N(C=O)Oc2ccc([N+](=O)[O-])cc2)cc1. The molecule has 0 aromatic heterocycles. The summed E-state index contributed by atoms with van der Waals surface area (Å²) in [7, 11) is 0. The van der Waals surface area contributed by atoms with Gasteiger partial charge in [0.1, 0.15) is 0 Å². The Kier molecular flexibility index (Phi) is 3.95. The first-order valence-electron chi connectivity index (χ1n) is 5.69. The Bertz CT molecular complexity index is 608. The van der Waals surface area contributed by atoms with Crippen LogP contribution in [0, 0.1) is 17.0 Å². The molecule has 0 unspecified atom stereocenters. The van der Waals surface area contributed by atoms with Gasteiger partial charge in [0.05, 0.1) is 10.6 Å². The summed E-state index contributed by atoms with van der Waals surface area (Å²) in [5, 5.41) is 11.6. The molecule has 101 valence electrons. The number of hydrogen-bond donors (Lipinski definition) is 0. The van der Waals surface area contributed by atoms with Crippen LogP contribution in [0.15, 0.2) is 48.5 Å². The standard InChI is InChI=1S/C14H11N2O4/c1-11-2-4-12(5-3-11)15(10-17)20-14-8-6-13(7-9-14)16(18)19/h2-10H,1H2. The highest BCUT2D eigenvalue weighted by molar-refractivity contribution is 5.72. The Balaban J connectivity index is 2.15. The van der Waals surface area contributed by atoms with E-state index in [2.05, 4.69) is 6.92 Å². The van der Waals surface area contributed by atoms with Crippen molar-refractivity contribution in [2.75, 3.05) is 5.06 Å². The van der Waals surface area contributed by atoms with Crippen molar-refractivity contribution >= 4 is 17.8 Å². The number of benzene rings is 2. The smallest absolute Gasteiger partial charge is 0.269 e. The van der Waals surface area contributed by atoms with Gasteiger partial charge < -0.3 is 4.84 Å². The number of rotatable bonds is 5. The third-order valence-electron chi connectivity index (χ3n) is 2.54. The molecule has 0 N–H and O–H groups in total. The highest BCUT2D eigenvalue weighted by Gasteiger charge is 2.09. The third kappa shape index (κ3) is 3.11. The van der Waals surface area contributed by atoms with Crippen LogP contribution in [-0.2, 0) is 4.79 Å². The van der Waals surface area contributed by atoms with E-state index in [0.717, 1.165) is 10.6 Å². The maximum absolute atomic E-state index is 11.0. The van der Waals surface area contributed by atoms with Gasteiger partial charge in [0.15, 0.2) is 5.75 Å². The molecule has 0 heterocycles. The molecule has 1 radical (unpaired) electrons. The number of non-ortho nitro benzene ring substituents is 1. The maximum atomic E-state index is 11.0. The zero-order valence-corrected chi connectivity index (χ0v) is 10.4. The minimum atomic E-state index is -0.506. The van der Waals surface area contributed by atoms with Crippen LogP contribution < -0.4 is 9.90 Å². The van der Waals surface area contributed by atoms with Crippen molar-refractivity contribution < 1.29 is 14.6 Å². The van der Waals surface area contributed by atoms with Crippen LogP contribution in [0.25, 0.3) is 0 Å². The lowest BCUT2D eigenvalue weighted by molar-refractivity contribution is -0.384. The Hall–Kier alpha value is -2.89. The van der Waals surface area contributed by atoms with E-state index < -0.39 is 4.92 Å². The lowest BCUT2D eigenvalue weighted by atomic mass is 10.2. The van der Waals surface area contributed by atoms with Gasteiger partial charge >= 0.3 is 0 Å². The normalized spacial score (nSPS) is 9.85. The topological polar surface area (TPSA) is 72.7 Å². The lowest BCUT2D eigenvalue weighted by Gasteiger charge is -2.17. The molecule has 0 atom stereocenters. The number of anilines is 1. The lowest BCUT2D eigenvalue weighted by Crippen LogP contribution is -2.25. The summed E-state index contributed by atoms with van der Waals surface area (Å²) >= 11 is 0. The molecule has 0 spiro atoms. The van der Waals surface area contributed by atoms with E-state index in [1.807, 2.05) is 0 Å². The number of hydroxylamine groups is 1. The monoisotopic (exact) mass is 271 g/mol. The highest BCUT2D eigenvalue weighted by atomic mass is 16.7. The van der Waals surface area contributed by atoms with Crippen LogP contribution >= 0.6 is 0 Å². The molecule has 2 aromatic carbocycles. The number of nitrogens with zero attached hydrogens (tertiary/aromatic N) is 2. The first kappa shape index (κ1) is 13.5. The van der Waals surface area contributed by atoms with E-state index in [0.29, 0.717) is 17.8 Å². The molecule has 0 aliphatic heterocycles. The van der Waals surface area contributed by atoms with E-state index in [-0.39, 0.29) is 5.69 Å².